The lowest BCUT2D eigenvalue weighted by atomic mass is 9.76. The number of carbonyl (C=O) groups is 2. The number of amides is 1. The van der Waals surface area contributed by atoms with Gasteiger partial charge in [0.25, 0.3) is 0 Å². The number of nitrogens with zero attached hydrogens (tertiary/aromatic N) is 1. The molecule has 6 nitrogen and oxygen atoms in total. The highest BCUT2D eigenvalue weighted by molar-refractivity contribution is 5.77. The van der Waals surface area contributed by atoms with E-state index in [-0.39, 0.29) is 18.9 Å². The Hall–Kier alpha value is -1.30. The van der Waals surface area contributed by atoms with Crippen LogP contribution in [-0.2, 0) is 19.0 Å². The second kappa shape index (κ2) is 7.11. The molecule has 1 heterocycles. The van der Waals surface area contributed by atoms with Gasteiger partial charge in [0.05, 0.1) is 5.41 Å². The lowest BCUT2D eigenvalue weighted by molar-refractivity contribution is -0.170. The zero-order chi connectivity index (χ0) is 16.1. The van der Waals surface area contributed by atoms with E-state index in [0.29, 0.717) is 32.4 Å². The van der Waals surface area contributed by atoms with E-state index in [2.05, 4.69) is 0 Å². The molecule has 1 saturated heterocycles. The highest BCUT2D eigenvalue weighted by Crippen LogP contribution is 2.36. The standard InChI is InChI=1S/C15H27NO5/c1-6-15(12(17)20-11-19-5)7-9-16(10-8-15)13(18)21-14(2,3)4/h6-11H2,1-5H3. The summed E-state index contributed by atoms with van der Waals surface area (Å²) in [6.07, 6.45) is 1.55. The van der Waals surface area contributed by atoms with E-state index in [1.165, 1.54) is 7.11 Å². The Morgan fingerprint density at radius 2 is 1.76 bits per heavy atom. The molecule has 0 radical (unpaired) electrons. The molecule has 1 aliphatic heterocycles. The zero-order valence-electron chi connectivity index (χ0n) is 13.7. The minimum absolute atomic E-state index is 0.0314. The van der Waals surface area contributed by atoms with E-state index in [1.54, 1.807) is 4.90 Å². The van der Waals surface area contributed by atoms with Crippen LogP contribution in [0.25, 0.3) is 0 Å². The maximum absolute atomic E-state index is 12.2. The van der Waals surface area contributed by atoms with E-state index in [9.17, 15) is 9.59 Å². The lowest BCUT2D eigenvalue weighted by Crippen LogP contribution is -2.48. The van der Waals surface area contributed by atoms with Crippen molar-refractivity contribution in [3.8, 4) is 0 Å². The highest BCUT2D eigenvalue weighted by atomic mass is 16.7. The van der Waals surface area contributed by atoms with Gasteiger partial charge in [0, 0.05) is 20.2 Å². The number of piperidine rings is 1. The van der Waals surface area contributed by atoms with E-state index in [4.69, 9.17) is 14.2 Å². The summed E-state index contributed by atoms with van der Waals surface area (Å²) in [6.45, 7) is 8.47. The Bertz CT molecular complexity index is 367. The van der Waals surface area contributed by atoms with Gasteiger partial charge in [-0.05, 0) is 40.0 Å². The van der Waals surface area contributed by atoms with E-state index in [1.807, 2.05) is 27.7 Å². The summed E-state index contributed by atoms with van der Waals surface area (Å²) in [5.74, 6) is -0.240. The maximum Gasteiger partial charge on any atom is 0.410 e. The molecule has 1 rings (SSSR count). The number of carbonyl (C=O) groups excluding carboxylic acids is 2. The Labute approximate surface area is 126 Å². The normalized spacial score (nSPS) is 18.2. The van der Waals surface area contributed by atoms with Crippen LogP contribution in [0.15, 0.2) is 0 Å². The summed E-state index contributed by atoms with van der Waals surface area (Å²) in [4.78, 5) is 25.9. The maximum atomic E-state index is 12.2. The Balaban J connectivity index is 2.59. The van der Waals surface area contributed by atoms with Crippen molar-refractivity contribution in [3.05, 3.63) is 0 Å². The van der Waals surface area contributed by atoms with Crippen LogP contribution in [0.1, 0.15) is 47.0 Å². The number of rotatable bonds is 4. The SMILES string of the molecule is CCC1(C(=O)OCOC)CCN(C(=O)OC(C)(C)C)CC1. The lowest BCUT2D eigenvalue weighted by Gasteiger charge is -2.39. The fourth-order valence-corrected chi connectivity index (χ4v) is 2.41. The predicted octanol–water partition coefficient (Wildman–Crippen LogP) is 2.56. The first-order valence-electron chi connectivity index (χ1n) is 7.38. The van der Waals surface area contributed by atoms with Crippen molar-refractivity contribution in [2.75, 3.05) is 27.0 Å². The molecule has 0 aliphatic carbocycles. The summed E-state index contributed by atoms with van der Waals surface area (Å²) < 4.78 is 15.2. The van der Waals surface area contributed by atoms with E-state index in [0.717, 1.165) is 0 Å². The number of hydrogen-bond acceptors (Lipinski definition) is 5. The molecule has 1 aliphatic rings. The topological polar surface area (TPSA) is 65.1 Å². The van der Waals surface area contributed by atoms with Crippen LogP contribution in [0.5, 0.6) is 0 Å². The van der Waals surface area contributed by atoms with Crippen molar-refractivity contribution in [1.82, 2.24) is 4.90 Å². The molecular weight excluding hydrogens is 274 g/mol. The predicted molar refractivity (Wildman–Crippen MR) is 77.7 cm³/mol. The molecule has 0 aromatic rings. The largest absolute Gasteiger partial charge is 0.444 e. The molecule has 21 heavy (non-hydrogen) atoms. The molecule has 0 aromatic carbocycles. The molecule has 1 amide bonds. The average Bonchev–Trinajstić information content (AvgIpc) is 2.42. The van der Waals surface area contributed by atoms with Crippen LogP contribution in [0.3, 0.4) is 0 Å². The first kappa shape index (κ1) is 17.8. The Kier molecular flexibility index (Phi) is 6.01. The monoisotopic (exact) mass is 301 g/mol. The number of likely N-dealkylation sites (tertiary alicyclic amines) is 1. The first-order valence-corrected chi connectivity index (χ1v) is 7.38. The minimum Gasteiger partial charge on any atom is -0.444 e. The van der Waals surface area contributed by atoms with Gasteiger partial charge in [0.1, 0.15) is 5.60 Å². The number of methoxy groups -OCH3 is 1. The molecule has 0 spiro atoms. The Morgan fingerprint density at radius 1 is 1.19 bits per heavy atom. The molecular formula is C15H27NO5. The Morgan fingerprint density at radius 3 is 2.19 bits per heavy atom. The summed E-state index contributed by atoms with van der Waals surface area (Å²) in [6, 6.07) is 0. The molecule has 0 bridgehead atoms. The van der Waals surface area contributed by atoms with Crippen LogP contribution in [0.2, 0.25) is 0 Å². The van der Waals surface area contributed by atoms with Gasteiger partial charge in [-0.25, -0.2) is 4.79 Å². The third kappa shape index (κ3) is 4.88. The summed E-state index contributed by atoms with van der Waals surface area (Å²) in [7, 11) is 1.48. The van der Waals surface area contributed by atoms with E-state index >= 15 is 0 Å². The molecule has 0 atom stereocenters. The smallest absolute Gasteiger partial charge is 0.410 e. The van der Waals surface area contributed by atoms with Crippen molar-refractivity contribution >= 4 is 12.1 Å². The van der Waals surface area contributed by atoms with Crippen molar-refractivity contribution in [3.63, 3.8) is 0 Å². The fourth-order valence-electron chi connectivity index (χ4n) is 2.41. The van der Waals surface area contributed by atoms with Gasteiger partial charge in [-0.2, -0.15) is 0 Å². The van der Waals surface area contributed by atoms with Gasteiger partial charge in [-0.1, -0.05) is 6.92 Å². The van der Waals surface area contributed by atoms with Crippen LogP contribution in [0, 0.1) is 5.41 Å². The van der Waals surface area contributed by atoms with Crippen LogP contribution < -0.4 is 0 Å². The van der Waals surface area contributed by atoms with Crippen molar-refractivity contribution < 1.29 is 23.8 Å². The van der Waals surface area contributed by atoms with Gasteiger partial charge in [-0.15, -0.1) is 0 Å². The van der Waals surface area contributed by atoms with Gasteiger partial charge in [-0.3, -0.25) is 4.79 Å². The fraction of sp³-hybridized carbons (Fsp3) is 0.867. The van der Waals surface area contributed by atoms with Crippen LogP contribution >= 0.6 is 0 Å². The third-order valence-electron chi connectivity index (χ3n) is 3.79. The molecule has 0 N–H and O–H groups in total. The summed E-state index contributed by atoms with van der Waals surface area (Å²) >= 11 is 0. The van der Waals surface area contributed by atoms with Crippen molar-refractivity contribution in [1.29, 1.82) is 0 Å². The molecule has 122 valence electrons. The van der Waals surface area contributed by atoms with Gasteiger partial charge < -0.3 is 19.1 Å². The number of ether oxygens (including phenoxy) is 3. The molecule has 0 saturated carbocycles. The second-order valence-electron chi connectivity index (χ2n) is 6.44. The summed E-state index contributed by atoms with van der Waals surface area (Å²) in [5, 5.41) is 0. The number of hydrogen-bond donors (Lipinski definition) is 0. The minimum atomic E-state index is -0.517. The third-order valence-corrected chi connectivity index (χ3v) is 3.79. The van der Waals surface area contributed by atoms with Gasteiger partial charge in [0.2, 0.25) is 0 Å². The van der Waals surface area contributed by atoms with Gasteiger partial charge >= 0.3 is 12.1 Å². The second-order valence-corrected chi connectivity index (χ2v) is 6.44. The van der Waals surface area contributed by atoms with Gasteiger partial charge in [0.15, 0.2) is 6.79 Å². The molecule has 1 fully saturated rings. The average molecular weight is 301 g/mol. The van der Waals surface area contributed by atoms with Crippen LogP contribution in [-0.4, -0.2) is 49.6 Å². The first-order chi connectivity index (χ1) is 9.74. The van der Waals surface area contributed by atoms with Crippen molar-refractivity contribution in [2.24, 2.45) is 5.41 Å². The zero-order valence-corrected chi connectivity index (χ0v) is 13.7. The van der Waals surface area contributed by atoms with E-state index < -0.39 is 11.0 Å². The van der Waals surface area contributed by atoms with Crippen molar-refractivity contribution in [2.45, 2.75) is 52.6 Å². The molecule has 0 unspecified atom stereocenters. The quantitative estimate of drug-likeness (QED) is 0.590. The molecule has 6 heteroatoms. The summed E-state index contributed by atoms with van der Waals surface area (Å²) in [5.41, 5.74) is -1.02. The number of esters is 1. The van der Waals surface area contributed by atoms with Crippen LogP contribution in [0.4, 0.5) is 4.79 Å². The molecule has 0 aromatic heterocycles. The highest BCUT2D eigenvalue weighted by Gasteiger charge is 2.42.